The fraction of sp³-hybridized carbons (Fsp3) is 0.455. The molecular weight excluding hydrogens is 286 g/mol. The molecule has 1 heterocycles. The summed E-state index contributed by atoms with van der Waals surface area (Å²) in [6, 6.07) is 0. The van der Waals surface area contributed by atoms with Crippen LogP contribution in [0.5, 0.6) is 0 Å². The van der Waals surface area contributed by atoms with Gasteiger partial charge in [-0.2, -0.15) is 0 Å². The van der Waals surface area contributed by atoms with E-state index in [4.69, 9.17) is 9.94 Å². The van der Waals surface area contributed by atoms with E-state index >= 15 is 0 Å². The zero-order chi connectivity index (χ0) is 15.3. The summed E-state index contributed by atoms with van der Waals surface area (Å²) >= 11 is 1.23. The molecule has 9 heteroatoms. The molecular formula is C11H15N3O5S. The number of rotatable bonds is 6. The largest absolute Gasteiger partial charge is 0.476 e. The summed E-state index contributed by atoms with van der Waals surface area (Å²) in [5, 5.41) is 17.5. The molecule has 2 N–H and O–H groups in total. The van der Waals surface area contributed by atoms with Crippen molar-refractivity contribution in [3.05, 3.63) is 11.1 Å². The van der Waals surface area contributed by atoms with Crippen LogP contribution in [0.3, 0.4) is 0 Å². The quantitative estimate of drug-likeness (QED) is 0.457. The first-order valence-corrected chi connectivity index (χ1v) is 6.41. The number of oxime groups is 1. The molecule has 0 saturated heterocycles. The second-order valence-corrected chi connectivity index (χ2v) is 4.98. The van der Waals surface area contributed by atoms with Crippen molar-refractivity contribution in [1.29, 1.82) is 0 Å². The number of carboxylic acid groups (broad SMARTS) is 1. The van der Waals surface area contributed by atoms with E-state index in [1.165, 1.54) is 37.7 Å². The summed E-state index contributed by atoms with van der Waals surface area (Å²) in [4.78, 5) is 31.6. The van der Waals surface area contributed by atoms with E-state index in [2.05, 4.69) is 20.2 Å². The number of aromatic nitrogens is 1. The molecule has 0 aliphatic carbocycles. The van der Waals surface area contributed by atoms with E-state index in [-0.39, 0.29) is 11.4 Å². The Labute approximate surface area is 119 Å². The molecule has 110 valence electrons. The fourth-order valence-electron chi connectivity index (χ4n) is 1.14. The summed E-state index contributed by atoms with van der Waals surface area (Å²) in [7, 11) is 2.87. The standard InChI is InChI=1S/C11H15N3O5S/c1-11(2,9(17)18-4)19-14-7(8(15)16)6-5-20-10(12-3)13-6/h5H,1-4H3,(H,12,13)(H,15,16)/b14-7+. The zero-order valence-corrected chi connectivity index (χ0v) is 12.3. The number of carbonyl (C=O) groups is 2. The molecule has 0 saturated carbocycles. The number of methoxy groups -OCH3 is 1. The maximum atomic E-state index is 11.4. The van der Waals surface area contributed by atoms with Crippen molar-refractivity contribution in [1.82, 2.24) is 4.98 Å². The summed E-state index contributed by atoms with van der Waals surface area (Å²) in [5.41, 5.74) is -1.63. The Hall–Kier alpha value is -2.16. The number of esters is 1. The van der Waals surface area contributed by atoms with Crippen LogP contribution in [0.4, 0.5) is 5.13 Å². The lowest BCUT2D eigenvalue weighted by Gasteiger charge is -2.18. The lowest BCUT2D eigenvalue weighted by molar-refractivity contribution is -0.165. The molecule has 20 heavy (non-hydrogen) atoms. The van der Waals surface area contributed by atoms with Crippen LogP contribution in [0.15, 0.2) is 10.5 Å². The average Bonchev–Trinajstić information content (AvgIpc) is 2.86. The lowest BCUT2D eigenvalue weighted by atomic mass is 10.1. The molecule has 0 spiro atoms. The Balaban J connectivity index is 3.00. The van der Waals surface area contributed by atoms with E-state index in [1.807, 2.05) is 0 Å². The van der Waals surface area contributed by atoms with Gasteiger partial charge in [-0.05, 0) is 13.8 Å². The third kappa shape index (κ3) is 3.67. The van der Waals surface area contributed by atoms with Crippen molar-refractivity contribution in [3.8, 4) is 0 Å². The van der Waals surface area contributed by atoms with E-state index < -0.39 is 17.5 Å². The summed E-state index contributed by atoms with van der Waals surface area (Å²) in [6.07, 6.45) is 0. The number of hydrogen-bond acceptors (Lipinski definition) is 8. The highest BCUT2D eigenvalue weighted by atomic mass is 32.1. The number of nitrogens with one attached hydrogen (secondary N) is 1. The highest BCUT2D eigenvalue weighted by Crippen LogP contribution is 2.17. The Morgan fingerprint density at radius 2 is 2.15 bits per heavy atom. The van der Waals surface area contributed by atoms with Gasteiger partial charge < -0.3 is 20.0 Å². The second-order valence-electron chi connectivity index (χ2n) is 4.13. The van der Waals surface area contributed by atoms with E-state index in [0.717, 1.165) is 0 Å². The number of carbonyl (C=O) groups excluding carboxylic acids is 1. The van der Waals surface area contributed by atoms with E-state index in [1.54, 1.807) is 7.05 Å². The minimum atomic E-state index is -1.39. The molecule has 1 aromatic heterocycles. The predicted molar refractivity (Wildman–Crippen MR) is 73.0 cm³/mol. The van der Waals surface area contributed by atoms with E-state index in [0.29, 0.717) is 5.13 Å². The molecule has 1 rings (SSSR count). The molecule has 0 aliphatic rings. The number of aliphatic carboxylic acids is 1. The van der Waals surface area contributed by atoms with Gasteiger partial charge in [-0.25, -0.2) is 14.6 Å². The van der Waals surface area contributed by atoms with Gasteiger partial charge in [0, 0.05) is 12.4 Å². The van der Waals surface area contributed by atoms with Crippen LogP contribution in [0, 0.1) is 0 Å². The third-order valence-electron chi connectivity index (χ3n) is 2.21. The zero-order valence-electron chi connectivity index (χ0n) is 11.5. The van der Waals surface area contributed by atoms with Gasteiger partial charge in [0.1, 0.15) is 5.69 Å². The third-order valence-corrected chi connectivity index (χ3v) is 3.07. The van der Waals surface area contributed by atoms with Gasteiger partial charge in [0.05, 0.1) is 7.11 Å². The smallest absolute Gasteiger partial charge is 0.360 e. The molecule has 1 aromatic rings. The van der Waals surface area contributed by atoms with Crippen LogP contribution < -0.4 is 5.32 Å². The van der Waals surface area contributed by atoms with Crippen molar-refractivity contribution in [2.24, 2.45) is 5.16 Å². The highest BCUT2D eigenvalue weighted by molar-refractivity contribution is 7.14. The van der Waals surface area contributed by atoms with Crippen LogP contribution >= 0.6 is 11.3 Å². The summed E-state index contributed by atoms with van der Waals surface area (Å²) < 4.78 is 4.53. The maximum absolute atomic E-state index is 11.4. The molecule has 0 aliphatic heterocycles. The van der Waals surface area contributed by atoms with Crippen molar-refractivity contribution < 1.29 is 24.3 Å². The normalized spacial score (nSPS) is 11.9. The fourth-order valence-corrected chi connectivity index (χ4v) is 1.79. The van der Waals surface area contributed by atoms with Crippen molar-refractivity contribution >= 4 is 34.1 Å². The van der Waals surface area contributed by atoms with Gasteiger partial charge in [-0.3, -0.25) is 0 Å². The molecule has 0 atom stereocenters. The molecule has 0 unspecified atom stereocenters. The van der Waals surface area contributed by atoms with Gasteiger partial charge in [0.25, 0.3) is 0 Å². The molecule has 0 amide bonds. The van der Waals surface area contributed by atoms with Gasteiger partial charge in [0.2, 0.25) is 11.3 Å². The lowest BCUT2D eigenvalue weighted by Crippen LogP contribution is -2.35. The van der Waals surface area contributed by atoms with Gasteiger partial charge >= 0.3 is 11.9 Å². The van der Waals surface area contributed by atoms with Crippen molar-refractivity contribution in [2.75, 3.05) is 19.5 Å². The molecule has 0 bridgehead atoms. The molecule has 0 radical (unpaired) electrons. The first-order valence-electron chi connectivity index (χ1n) is 5.53. The van der Waals surface area contributed by atoms with Gasteiger partial charge in [-0.15, -0.1) is 11.3 Å². The first-order chi connectivity index (χ1) is 9.31. The Bertz CT molecular complexity index is 538. The molecule has 0 aromatic carbocycles. The Kier molecular flexibility index (Phi) is 5.03. The van der Waals surface area contributed by atoms with Crippen LogP contribution in [0.25, 0.3) is 0 Å². The topological polar surface area (TPSA) is 110 Å². The van der Waals surface area contributed by atoms with Crippen LogP contribution in [0.2, 0.25) is 0 Å². The summed E-state index contributed by atoms with van der Waals surface area (Å²) in [5.74, 6) is -1.97. The number of nitrogens with zero attached hydrogens (tertiary/aromatic N) is 2. The Morgan fingerprint density at radius 3 is 2.60 bits per heavy atom. The van der Waals surface area contributed by atoms with Crippen LogP contribution in [-0.4, -0.2) is 47.5 Å². The monoisotopic (exact) mass is 301 g/mol. The van der Waals surface area contributed by atoms with Crippen LogP contribution in [0.1, 0.15) is 19.5 Å². The number of thiazole rings is 1. The minimum absolute atomic E-state index is 0.146. The first kappa shape index (κ1) is 15.9. The van der Waals surface area contributed by atoms with Crippen molar-refractivity contribution in [2.45, 2.75) is 19.4 Å². The summed E-state index contributed by atoms with van der Waals surface area (Å²) in [6.45, 7) is 2.84. The Morgan fingerprint density at radius 1 is 1.50 bits per heavy atom. The number of carboxylic acids is 1. The molecule has 0 fully saturated rings. The maximum Gasteiger partial charge on any atom is 0.360 e. The van der Waals surface area contributed by atoms with E-state index in [9.17, 15) is 9.59 Å². The number of ether oxygens (including phenoxy) is 1. The van der Waals surface area contributed by atoms with Gasteiger partial charge in [0.15, 0.2) is 5.13 Å². The minimum Gasteiger partial charge on any atom is -0.476 e. The SMILES string of the molecule is CNc1nc(/C(=N\OC(C)(C)C(=O)OC)C(=O)O)cs1. The van der Waals surface area contributed by atoms with Gasteiger partial charge in [-0.1, -0.05) is 5.16 Å². The highest BCUT2D eigenvalue weighted by Gasteiger charge is 2.32. The predicted octanol–water partition coefficient (Wildman–Crippen LogP) is 0.942. The van der Waals surface area contributed by atoms with Crippen LogP contribution in [-0.2, 0) is 19.2 Å². The average molecular weight is 301 g/mol. The second kappa shape index (κ2) is 6.33. The number of anilines is 1. The van der Waals surface area contributed by atoms with Crippen molar-refractivity contribution in [3.63, 3.8) is 0 Å². The molecule has 8 nitrogen and oxygen atoms in total. The number of hydrogen-bond donors (Lipinski definition) is 2.